The summed E-state index contributed by atoms with van der Waals surface area (Å²) in [6.07, 6.45) is 2.03. The van der Waals surface area contributed by atoms with Gasteiger partial charge in [0.25, 0.3) is 0 Å². The maximum atomic E-state index is 3.28. The lowest BCUT2D eigenvalue weighted by atomic mass is 10.1. The Morgan fingerprint density at radius 1 is 0.786 bits per heavy atom. The van der Waals surface area contributed by atoms with Gasteiger partial charge in [0.2, 0.25) is 0 Å². The van der Waals surface area contributed by atoms with E-state index in [4.69, 9.17) is 0 Å². The number of benzene rings is 1. The Morgan fingerprint density at radius 3 is 1.93 bits per heavy atom. The van der Waals surface area contributed by atoms with Crippen LogP contribution in [0.1, 0.15) is 16.7 Å². The third-order valence-electron chi connectivity index (χ3n) is 2.36. The second kappa shape index (κ2) is 3.33. The quantitative estimate of drug-likeness (QED) is 0.698. The highest BCUT2D eigenvalue weighted by Gasteiger charge is 2.00. The van der Waals surface area contributed by atoms with Crippen molar-refractivity contribution in [2.75, 3.05) is 0 Å². The smallest absolute Gasteiger partial charge is 0.0456 e. The molecule has 1 aromatic heterocycles. The molecule has 2 rings (SSSR count). The fourth-order valence-corrected chi connectivity index (χ4v) is 1.80. The number of hydrogen-bond donors (Lipinski definition) is 1. The van der Waals surface area contributed by atoms with Crippen LogP contribution in [0.3, 0.4) is 0 Å². The first-order valence-corrected chi connectivity index (χ1v) is 4.89. The largest absolute Gasteiger partial charge is 0.361 e. The number of H-pyrrole nitrogens is 1. The van der Waals surface area contributed by atoms with Crippen LogP contribution >= 0.6 is 0 Å². The van der Waals surface area contributed by atoms with Crippen molar-refractivity contribution < 1.29 is 0 Å². The van der Waals surface area contributed by atoms with E-state index in [0.717, 1.165) is 0 Å². The summed E-state index contributed by atoms with van der Waals surface area (Å²) < 4.78 is 0. The van der Waals surface area contributed by atoms with E-state index in [1.54, 1.807) is 0 Å². The van der Waals surface area contributed by atoms with Gasteiger partial charge in [0.15, 0.2) is 0 Å². The van der Waals surface area contributed by atoms with Crippen LogP contribution in [0.4, 0.5) is 0 Å². The summed E-state index contributed by atoms with van der Waals surface area (Å²) in [4.78, 5) is 3.28. The van der Waals surface area contributed by atoms with Gasteiger partial charge in [-0.25, -0.2) is 0 Å². The van der Waals surface area contributed by atoms with Crippen LogP contribution in [0.5, 0.6) is 0 Å². The molecule has 0 atom stereocenters. The van der Waals surface area contributed by atoms with Crippen LogP contribution in [0, 0.1) is 20.8 Å². The Hall–Kier alpha value is -1.50. The molecule has 0 saturated carbocycles. The fraction of sp³-hybridized carbons (Fsp3) is 0.231. The Kier molecular flexibility index (Phi) is 2.16. The molecule has 72 valence electrons. The minimum Gasteiger partial charge on any atom is -0.361 e. The molecule has 1 aromatic carbocycles. The monoisotopic (exact) mass is 185 g/mol. The van der Waals surface area contributed by atoms with E-state index in [0.29, 0.717) is 0 Å². The predicted molar refractivity (Wildman–Crippen MR) is 60.4 cm³/mol. The molecule has 0 fully saturated rings. The van der Waals surface area contributed by atoms with Crippen molar-refractivity contribution in [3.63, 3.8) is 0 Å². The zero-order valence-electron chi connectivity index (χ0n) is 8.89. The molecule has 14 heavy (non-hydrogen) atoms. The number of nitrogens with one attached hydrogen (secondary N) is 1. The lowest BCUT2D eigenvalue weighted by molar-refractivity contribution is 1.34. The van der Waals surface area contributed by atoms with Gasteiger partial charge in [0.05, 0.1) is 0 Å². The second-order valence-electron chi connectivity index (χ2n) is 3.97. The van der Waals surface area contributed by atoms with Crippen LogP contribution < -0.4 is 0 Å². The summed E-state index contributed by atoms with van der Waals surface area (Å²) in [5, 5.41) is 0. The van der Waals surface area contributed by atoms with E-state index in [1.165, 1.54) is 27.9 Å². The van der Waals surface area contributed by atoms with E-state index in [2.05, 4.69) is 50.0 Å². The van der Waals surface area contributed by atoms with Gasteiger partial charge in [-0.3, -0.25) is 0 Å². The summed E-state index contributed by atoms with van der Waals surface area (Å²) in [7, 11) is 0. The van der Waals surface area contributed by atoms with Crippen molar-refractivity contribution in [1.29, 1.82) is 0 Å². The predicted octanol–water partition coefficient (Wildman–Crippen LogP) is 3.61. The molecule has 1 nitrogen and oxygen atoms in total. The first-order valence-electron chi connectivity index (χ1n) is 4.89. The van der Waals surface area contributed by atoms with Crippen LogP contribution in [0.2, 0.25) is 0 Å². The Morgan fingerprint density at radius 2 is 1.43 bits per heavy atom. The molecule has 0 aliphatic heterocycles. The van der Waals surface area contributed by atoms with Crippen molar-refractivity contribution >= 4 is 0 Å². The van der Waals surface area contributed by atoms with Crippen LogP contribution in [-0.2, 0) is 0 Å². The normalized spacial score (nSPS) is 10.5. The van der Waals surface area contributed by atoms with Crippen LogP contribution in [0.15, 0.2) is 30.5 Å². The molecule has 0 aliphatic carbocycles. The highest BCUT2D eigenvalue weighted by atomic mass is 14.7. The van der Waals surface area contributed by atoms with Gasteiger partial charge >= 0.3 is 0 Å². The molecule has 1 heteroatoms. The van der Waals surface area contributed by atoms with Gasteiger partial charge in [-0.05, 0) is 50.1 Å². The topological polar surface area (TPSA) is 15.8 Å². The molecule has 0 spiro atoms. The van der Waals surface area contributed by atoms with Gasteiger partial charge in [0.1, 0.15) is 0 Å². The standard InChI is InChI=1S/C13H15N/c1-9-4-10(2)6-12(5-9)13-7-11(3)8-14-13/h4-8,14H,1-3H3. The molecular weight excluding hydrogens is 170 g/mol. The number of aromatic amines is 1. The van der Waals surface area contributed by atoms with Crippen LogP contribution in [-0.4, -0.2) is 4.98 Å². The fourth-order valence-electron chi connectivity index (χ4n) is 1.80. The molecule has 0 amide bonds. The molecule has 0 bridgehead atoms. The summed E-state index contributed by atoms with van der Waals surface area (Å²) in [6, 6.07) is 8.78. The first kappa shape index (κ1) is 9.07. The average molecular weight is 185 g/mol. The van der Waals surface area contributed by atoms with Gasteiger partial charge < -0.3 is 4.98 Å². The average Bonchev–Trinajstić information content (AvgIpc) is 2.50. The summed E-state index contributed by atoms with van der Waals surface area (Å²) in [5.74, 6) is 0. The maximum absolute atomic E-state index is 3.28. The highest BCUT2D eigenvalue weighted by molar-refractivity contribution is 5.62. The maximum Gasteiger partial charge on any atom is 0.0456 e. The molecule has 0 saturated heterocycles. The summed E-state index contributed by atoms with van der Waals surface area (Å²) in [6.45, 7) is 6.36. The van der Waals surface area contributed by atoms with Crippen molar-refractivity contribution in [2.45, 2.75) is 20.8 Å². The van der Waals surface area contributed by atoms with Gasteiger partial charge in [0, 0.05) is 11.9 Å². The molecular formula is C13H15N. The van der Waals surface area contributed by atoms with Crippen molar-refractivity contribution in [2.24, 2.45) is 0 Å². The van der Waals surface area contributed by atoms with Crippen molar-refractivity contribution in [3.05, 3.63) is 47.2 Å². The second-order valence-corrected chi connectivity index (χ2v) is 3.97. The first-order chi connectivity index (χ1) is 6.65. The number of rotatable bonds is 1. The van der Waals surface area contributed by atoms with Crippen LogP contribution in [0.25, 0.3) is 11.3 Å². The van der Waals surface area contributed by atoms with E-state index in [1.807, 2.05) is 6.20 Å². The lowest BCUT2D eigenvalue weighted by Gasteiger charge is -2.02. The van der Waals surface area contributed by atoms with E-state index >= 15 is 0 Å². The number of hydrogen-bond acceptors (Lipinski definition) is 0. The third-order valence-corrected chi connectivity index (χ3v) is 2.36. The van der Waals surface area contributed by atoms with Crippen molar-refractivity contribution in [1.82, 2.24) is 4.98 Å². The third kappa shape index (κ3) is 1.72. The van der Waals surface area contributed by atoms with Gasteiger partial charge in [-0.2, -0.15) is 0 Å². The molecule has 0 unspecified atom stereocenters. The van der Waals surface area contributed by atoms with E-state index in [9.17, 15) is 0 Å². The highest BCUT2D eigenvalue weighted by Crippen LogP contribution is 2.21. The lowest BCUT2D eigenvalue weighted by Crippen LogP contribution is -1.82. The minimum atomic E-state index is 1.20. The summed E-state index contributed by atoms with van der Waals surface area (Å²) >= 11 is 0. The zero-order chi connectivity index (χ0) is 10.1. The number of aromatic nitrogens is 1. The molecule has 0 radical (unpaired) electrons. The Balaban J connectivity index is 2.51. The molecule has 1 N–H and O–H groups in total. The molecule has 1 heterocycles. The van der Waals surface area contributed by atoms with E-state index < -0.39 is 0 Å². The molecule has 2 aromatic rings. The minimum absolute atomic E-state index is 1.20. The molecule has 0 aliphatic rings. The van der Waals surface area contributed by atoms with Gasteiger partial charge in [-0.1, -0.05) is 17.2 Å². The van der Waals surface area contributed by atoms with Gasteiger partial charge in [-0.15, -0.1) is 0 Å². The van der Waals surface area contributed by atoms with Crippen molar-refractivity contribution in [3.8, 4) is 11.3 Å². The van der Waals surface area contributed by atoms with E-state index in [-0.39, 0.29) is 0 Å². The Labute approximate surface area is 84.8 Å². The number of aryl methyl sites for hydroxylation is 3. The SMILES string of the molecule is Cc1cc(C)cc(-c2cc(C)c[nH]2)c1. The zero-order valence-corrected chi connectivity index (χ0v) is 8.89. The Bertz CT molecular complexity index is 432. The summed E-state index contributed by atoms with van der Waals surface area (Å²) in [5.41, 5.74) is 6.38.